The van der Waals surface area contributed by atoms with Crippen molar-refractivity contribution in [2.75, 3.05) is 18.0 Å². The van der Waals surface area contributed by atoms with Gasteiger partial charge in [-0.2, -0.15) is 0 Å². The van der Waals surface area contributed by atoms with Crippen LogP contribution in [-0.4, -0.2) is 29.1 Å². The van der Waals surface area contributed by atoms with Crippen molar-refractivity contribution in [3.8, 4) is 11.3 Å². The Labute approximate surface area is 126 Å². The zero-order chi connectivity index (χ0) is 14.7. The molecule has 110 valence electrons. The van der Waals surface area contributed by atoms with Gasteiger partial charge in [0.15, 0.2) is 0 Å². The molecule has 21 heavy (non-hydrogen) atoms. The molecular formula is C17H22N4. The van der Waals surface area contributed by atoms with Gasteiger partial charge in [0.05, 0.1) is 5.69 Å². The van der Waals surface area contributed by atoms with Gasteiger partial charge in [-0.25, -0.2) is 9.97 Å². The Bertz CT molecular complexity index is 586. The number of benzene rings is 1. The van der Waals surface area contributed by atoms with Crippen molar-refractivity contribution >= 4 is 5.95 Å². The Morgan fingerprint density at radius 2 is 1.86 bits per heavy atom. The van der Waals surface area contributed by atoms with Crippen molar-refractivity contribution in [2.24, 2.45) is 5.73 Å². The Morgan fingerprint density at radius 1 is 1.14 bits per heavy atom. The first-order chi connectivity index (χ1) is 10.3. The first kappa shape index (κ1) is 14.0. The maximum atomic E-state index is 5.96. The van der Waals surface area contributed by atoms with Crippen LogP contribution in [0.4, 0.5) is 5.95 Å². The standard InChI is InChI=1S/C17H22N4/c1-2-13-3-5-14(6-4-13)16-7-10-19-17(20-16)21-11-8-15(18)9-12-21/h3-7,10,15H,2,8-9,11-12,18H2,1H3. The monoisotopic (exact) mass is 282 g/mol. The van der Waals surface area contributed by atoms with Gasteiger partial charge in [-0.3, -0.25) is 0 Å². The molecule has 0 aliphatic carbocycles. The molecule has 2 N–H and O–H groups in total. The minimum absolute atomic E-state index is 0.325. The van der Waals surface area contributed by atoms with E-state index in [4.69, 9.17) is 10.7 Å². The lowest BCUT2D eigenvalue weighted by atomic mass is 10.1. The fourth-order valence-corrected chi connectivity index (χ4v) is 2.67. The zero-order valence-corrected chi connectivity index (χ0v) is 12.5. The minimum atomic E-state index is 0.325. The third-order valence-electron chi connectivity index (χ3n) is 4.12. The third-order valence-corrected chi connectivity index (χ3v) is 4.12. The molecule has 4 heteroatoms. The first-order valence-corrected chi connectivity index (χ1v) is 7.69. The SMILES string of the molecule is CCc1ccc(-c2ccnc(N3CCC(N)CC3)n2)cc1. The summed E-state index contributed by atoms with van der Waals surface area (Å²) >= 11 is 0. The number of hydrogen-bond donors (Lipinski definition) is 1. The van der Waals surface area contributed by atoms with E-state index in [1.54, 1.807) is 0 Å². The number of aromatic nitrogens is 2. The molecule has 1 saturated heterocycles. The number of nitrogens with zero attached hydrogens (tertiary/aromatic N) is 3. The highest BCUT2D eigenvalue weighted by Gasteiger charge is 2.18. The van der Waals surface area contributed by atoms with Gasteiger partial charge in [0.2, 0.25) is 5.95 Å². The molecule has 2 heterocycles. The summed E-state index contributed by atoms with van der Waals surface area (Å²) < 4.78 is 0. The van der Waals surface area contributed by atoms with Gasteiger partial charge < -0.3 is 10.6 Å². The van der Waals surface area contributed by atoms with Crippen molar-refractivity contribution < 1.29 is 0 Å². The fourth-order valence-electron chi connectivity index (χ4n) is 2.67. The molecular weight excluding hydrogens is 260 g/mol. The average molecular weight is 282 g/mol. The largest absolute Gasteiger partial charge is 0.341 e. The fraction of sp³-hybridized carbons (Fsp3) is 0.412. The van der Waals surface area contributed by atoms with E-state index in [2.05, 4.69) is 41.1 Å². The lowest BCUT2D eigenvalue weighted by Gasteiger charge is -2.30. The normalized spacial score (nSPS) is 16.2. The molecule has 0 unspecified atom stereocenters. The first-order valence-electron chi connectivity index (χ1n) is 7.69. The van der Waals surface area contributed by atoms with Gasteiger partial charge in [0.1, 0.15) is 0 Å². The maximum Gasteiger partial charge on any atom is 0.225 e. The van der Waals surface area contributed by atoms with Gasteiger partial charge in [0, 0.05) is 30.9 Å². The molecule has 0 atom stereocenters. The maximum absolute atomic E-state index is 5.96. The molecule has 1 aromatic heterocycles. The average Bonchev–Trinajstić information content (AvgIpc) is 2.56. The van der Waals surface area contributed by atoms with E-state index in [0.717, 1.165) is 49.6 Å². The number of nitrogens with two attached hydrogens (primary N) is 1. The van der Waals surface area contributed by atoms with Crippen LogP contribution in [0.3, 0.4) is 0 Å². The van der Waals surface area contributed by atoms with E-state index in [1.807, 2.05) is 12.3 Å². The zero-order valence-electron chi connectivity index (χ0n) is 12.5. The molecule has 0 spiro atoms. The topological polar surface area (TPSA) is 55.0 Å². The van der Waals surface area contributed by atoms with Crippen molar-refractivity contribution in [3.05, 3.63) is 42.1 Å². The number of anilines is 1. The van der Waals surface area contributed by atoms with Crippen LogP contribution in [0.2, 0.25) is 0 Å². The summed E-state index contributed by atoms with van der Waals surface area (Å²) in [4.78, 5) is 11.4. The van der Waals surface area contributed by atoms with Gasteiger partial charge in [-0.05, 0) is 30.9 Å². The van der Waals surface area contributed by atoms with Gasteiger partial charge in [-0.15, -0.1) is 0 Å². The molecule has 1 fully saturated rings. The van der Waals surface area contributed by atoms with E-state index < -0.39 is 0 Å². The van der Waals surface area contributed by atoms with E-state index in [1.165, 1.54) is 5.56 Å². The number of rotatable bonds is 3. The smallest absolute Gasteiger partial charge is 0.225 e. The molecule has 0 saturated carbocycles. The van der Waals surface area contributed by atoms with Gasteiger partial charge in [-0.1, -0.05) is 31.2 Å². The lowest BCUT2D eigenvalue weighted by Crippen LogP contribution is -2.40. The molecule has 0 bridgehead atoms. The van der Waals surface area contributed by atoms with Crippen molar-refractivity contribution in [1.82, 2.24) is 9.97 Å². The molecule has 3 rings (SSSR count). The van der Waals surface area contributed by atoms with Crippen LogP contribution in [0.1, 0.15) is 25.3 Å². The Hall–Kier alpha value is -1.94. The summed E-state index contributed by atoms with van der Waals surface area (Å²) in [6, 6.07) is 10.9. The highest BCUT2D eigenvalue weighted by molar-refractivity contribution is 5.60. The second-order valence-electron chi connectivity index (χ2n) is 5.62. The van der Waals surface area contributed by atoms with Crippen LogP contribution in [0, 0.1) is 0 Å². The number of piperidine rings is 1. The highest BCUT2D eigenvalue weighted by atomic mass is 15.3. The van der Waals surface area contributed by atoms with Crippen LogP contribution in [0.5, 0.6) is 0 Å². The third kappa shape index (κ3) is 3.22. The van der Waals surface area contributed by atoms with Crippen molar-refractivity contribution in [3.63, 3.8) is 0 Å². The molecule has 0 amide bonds. The van der Waals surface area contributed by atoms with Crippen LogP contribution in [0.15, 0.2) is 36.5 Å². The lowest BCUT2D eigenvalue weighted by molar-refractivity contribution is 0.495. The number of hydrogen-bond acceptors (Lipinski definition) is 4. The second-order valence-corrected chi connectivity index (χ2v) is 5.62. The van der Waals surface area contributed by atoms with E-state index in [0.29, 0.717) is 6.04 Å². The summed E-state index contributed by atoms with van der Waals surface area (Å²) in [6.45, 7) is 4.05. The summed E-state index contributed by atoms with van der Waals surface area (Å²) in [5, 5.41) is 0. The minimum Gasteiger partial charge on any atom is -0.341 e. The van der Waals surface area contributed by atoms with Crippen LogP contribution >= 0.6 is 0 Å². The Morgan fingerprint density at radius 3 is 2.52 bits per heavy atom. The molecule has 2 aromatic rings. The van der Waals surface area contributed by atoms with Gasteiger partial charge >= 0.3 is 0 Å². The highest BCUT2D eigenvalue weighted by Crippen LogP contribution is 2.21. The van der Waals surface area contributed by atoms with Crippen LogP contribution < -0.4 is 10.6 Å². The Kier molecular flexibility index (Phi) is 4.15. The molecule has 1 aliphatic rings. The van der Waals surface area contributed by atoms with E-state index >= 15 is 0 Å². The summed E-state index contributed by atoms with van der Waals surface area (Å²) in [5.41, 5.74) is 9.43. The van der Waals surface area contributed by atoms with Crippen molar-refractivity contribution in [1.29, 1.82) is 0 Å². The Balaban J connectivity index is 1.82. The second kappa shape index (κ2) is 6.22. The molecule has 1 aromatic carbocycles. The number of aryl methyl sites for hydroxylation is 1. The predicted octanol–water partition coefficient (Wildman–Crippen LogP) is 2.63. The van der Waals surface area contributed by atoms with E-state index in [-0.39, 0.29) is 0 Å². The molecule has 4 nitrogen and oxygen atoms in total. The quantitative estimate of drug-likeness (QED) is 0.940. The van der Waals surface area contributed by atoms with E-state index in [9.17, 15) is 0 Å². The van der Waals surface area contributed by atoms with Crippen molar-refractivity contribution in [2.45, 2.75) is 32.2 Å². The molecule has 1 aliphatic heterocycles. The van der Waals surface area contributed by atoms with Gasteiger partial charge in [0.25, 0.3) is 0 Å². The van der Waals surface area contributed by atoms with Crippen LogP contribution in [0.25, 0.3) is 11.3 Å². The molecule has 0 radical (unpaired) electrons. The predicted molar refractivity (Wildman–Crippen MR) is 86.3 cm³/mol. The summed E-state index contributed by atoms with van der Waals surface area (Å²) in [7, 11) is 0. The summed E-state index contributed by atoms with van der Waals surface area (Å²) in [5.74, 6) is 0.818. The van der Waals surface area contributed by atoms with Crippen LogP contribution in [-0.2, 0) is 6.42 Å². The summed E-state index contributed by atoms with van der Waals surface area (Å²) in [6.07, 6.45) is 4.93.